The molecule has 0 atom stereocenters. The lowest BCUT2D eigenvalue weighted by Crippen LogP contribution is -2.25. The summed E-state index contributed by atoms with van der Waals surface area (Å²) in [5.41, 5.74) is 1.81. The average molecular weight is 328 g/mol. The van der Waals surface area contributed by atoms with Gasteiger partial charge in [0.05, 0.1) is 7.11 Å². The highest BCUT2D eigenvalue weighted by Crippen LogP contribution is 2.17. The van der Waals surface area contributed by atoms with E-state index in [-0.39, 0.29) is 11.7 Å². The Balaban J connectivity index is 1.98. The van der Waals surface area contributed by atoms with Crippen LogP contribution in [0.25, 0.3) is 6.08 Å². The molecule has 0 unspecified atom stereocenters. The van der Waals surface area contributed by atoms with Crippen LogP contribution in [0.4, 0.5) is 20.6 Å². The minimum atomic E-state index is -0.482. The van der Waals surface area contributed by atoms with Crippen molar-refractivity contribution in [1.29, 1.82) is 0 Å². The number of hydrogen-bond donors (Lipinski definition) is 1. The number of halogens is 1. The second kappa shape index (κ2) is 7.92. The maximum atomic E-state index is 13.1. The zero-order chi connectivity index (χ0) is 17.5. The van der Waals surface area contributed by atoms with E-state index >= 15 is 0 Å². The van der Waals surface area contributed by atoms with Crippen molar-refractivity contribution in [1.82, 2.24) is 0 Å². The van der Waals surface area contributed by atoms with Crippen LogP contribution in [0.1, 0.15) is 5.56 Å². The van der Waals surface area contributed by atoms with Gasteiger partial charge in [0.25, 0.3) is 0 Å². The number of hydrogen-bond acceptors (Lipinski definition) is 3. The molecule has 0 bridgehead atoms. The Morgan fingerprint density at radius 2 is 1.88 bits per heavy atom. The van der Waals surface area contributed by atoms with Gasteiger partial charge >= 0.3 is 6.09 Å². The topological polar surface area (TPSA) is 58.6 Å². The summed E-state index contributed by atoms with van der Waals surface area (Å²) in [6.07, 6.45) is 2.37. The first kappa shape index (κ1) is 17.2. The zero-order valence-electron chi connectivity index (χ0n) is 13.3. The number of benzene rings is 2. The largest absolute Gasteiger partial charge is 0.452 e. The molecule has 0 heterocycles. The normalized spacial score (nSPS) is 10.5. The molecule has 2 aromatic carbocycles. The van der Waals surface area contributed by atoms with Gasteiger partial charge in [-0.15, -0.1) is 0 Å². The van der Waals surface area contributed by atoms with Gasteiger partial charge in [-0.2, -0.15) is 0 Å². The van der Waals surface area contributed by atoms with Crippen molar-refractivity contribution in [3.8, 4) is 0 Å². The van der Waals surface area contributed by atoms with Gasteiger partial charge in [0.1, 0.15) is 5.82 Å². The molecule has 2 aromatic rings. The number of amides is 2. The van der Waals surface area contributed by atoms with E-state index in [9.17, 15) is 14.0 Å². The Labute approximate surface area is 139 Å². The van der Waals surface area contributed by atoms with E-state index < -0.39 is 6.09 Å². The smallest absolute Gasteiger partial charge is 0.413 e. The molecule has 24 heavy (non-hydrogen) atoms. The Hall–Kier alpha value is -3.15. The summed E-state index contributed by atoms with van der Waals surface area (Å²) < 4.78 is 17.7. The molecule has 124 valence electrons. The van der Waals surface area contributed by atoms with Crippen molar-refractivity contribution in [3.63, 3.8) is 0 Å². The number of nitrogens with zero attached hydrogens (tertiary/aromatic N) is 1. The van der Waals surface area contributed by atoms with E-state index in [0.717, 1.165) is 0 Å². The van der Waals surface area contributed by atoms with Gasteiger partial charge in [0.15, 0.2) is 0 Å². The highest BCUT2D eigenvalue weighted by molar-refractivity contribution is 6.02. The molecule has 0 spiro atoms. The van der Waals surface area contributed by atoms with Crippen LogP contribution in [-0.2, 0) is 9.53 Å². The lowest BCUT2D eigenvalue weighted by atomic mass is 10.2. The third-order valence-electron chi connectivity index (χ3n) is 3.25. The summed E-state index contributed by atoms with van der Waals surface area (Å²) >= 11 is 0. The van der Waals surface area contributed by atoms with Gasteiger partial charge in [0.2, 0.25) is 5.91 Å². The van der Waals surface area contributed by atoms with Crippen molar-refractivity contribution >= 4 is 29.5 Å². The Kier molecular flexibility index (Phi) is 5.68. The SMILES string of the molecule is COC(=O)N(C)c1ccc(NC(=O)/C=C/c2cccc(F)c2)cc1. The highest BCUT2D eigenvalue weighted by Gasteiger charge is 2.10. The number of nitrogens with one attached hydrogen (secondary N) is 1. The first-order chi connectivity index (χ1) is 11.5. The molecule has 0 aliphatic carbocycles. The van der Waals surface area contributed by atoms with Crippen LogP contribution in [0.3, 0.4) is 0 Å². The molecule has 6 heteroatoms. The summed E-state index contributed by atoms with van der Waals surface area (Å²) in [4.78, 5) is 24.6. The van der Waals surface area contributed by atoms with E-state index in [2.05, 4.69) is 10.1 Å². The number of rotatable bonds is 4. The predicted octanol–water partition coefficient (Wildman–Crippen LogP) is 3.68. The zero-order valence-corrected chi connectivity index (χ0v) is 13.3. The Morgan fingerprint density at radius 1 is 1.17 bits per heavy atom. The standard InChI is InChI=1S/C18H17FN2O3/c1-21(18(23)24-2)16-9-7-15(8-10-16)20-17(22)11-6-13-4-3-5-14(19)12-13/h3-12H,1-2H3,(H,20,22)/b11-6+. The molecule has 0 saturated carbocycles. The Bertz CT molecular complexity index is 757. The van der Waals surface area contributed by atoms with Gasteiger partial charge in [0, 0.05) is 24.5 Å². The minimum absolute atomic E-state index is 0.340. The van der Waals surface area contributed by atoms with Crippen LogP contribution < -0.4 is 10.2 Å². The molecule has 1 N–H and O–H groups in total. The molecule has 2 rings (SSSR count). The monoisotopic (exact) mass is 328 g/mol. The van der Waals surface area contributed by atoms with Crippen LogP contribution >= 0.6 is 0 Å². The summed E-state index contributed by atoms with van der Waals surface area (Å²) in [5.74, 6) is -0.698. The fourth-order valence-electron chi connectivity index (χ4n) is 1.98. The highest BCUT2D eigenvalue weighted by atomic mass is 19.1. The molecule has 5 nitrogen and oxygen atoms in total. The third-order valence-corrected chi connectivity index (χ3v) is 3.25. The van der Waals surface area contributed by atoms with Gasteiger partial charge in [-0.1, -0.05) is 12.1 Å². The number of anilines is 2. The first-order valence-corrected chi connectivity index (χ1v) is 7.16. The van der Waals surface area contributed by atoms with Crippen molar-refractivity contribution < 1.29 is 18.7 Å². The molecule has 0 radical (unpaired) electrons. The molecule has 2 amide bonds. The Morgan fingerprint density at radius 3 is 2.50 bits per heavy atom. The molecule has 0 aromatic heterocycles. The summed E-state index contributed by atoms with van der Waals surface area (Å²) in [6.45, 7) is 0. The number of methoxy groups -OCH3 is 1. The number of carbonyl (C=O) groups is 2. The van der Waals surface area contributed by atoms with E-state index in [0.29, 0.717) is 16.9 Å². The number of ether oxygens (including phenoxy) is 1. The third kappa shape index (κ3) is 4.67. The van der Waals surface area contributed by atoms with Crippen LogP contribution in [0.5, 0.6) is 0 Å². The lowest BCUT2D eigenvalue weighted by Gasteiger charge is -2.15. The molecule has 0 aliphatic heterocycles. The molecule has 0 saturated heterocycles. The van der Waals surface area contributed by atoms with Crippen molar-refractivity contribution in [3.05, 3.63) is 66.0 Å². The van der Waals surface area contributed by atoms with E-state index in [1.807, 2.05) is 0 Å². The van der Waals surface area contributed by atoms with E-state index in [1.165, 1.54) is 36.3 Å². The van der Waals surface area contributed by atoms with E-state index in [1.54, 1.807) is 43.4 Å². The summed E-state index contributed by atoms with van der Waals surface area (Å²) in [6, 6.07) is 12.6. The minimum Gasteiger partial charge on any atom is -0.452 e. The van der Waals surface area contributed by atoms with Crippen LogP contribution in [0.15, 0.2) is 54.6 Å². The first-order valence-electron chi connectivity index (χ1n) is 7.16. The van der Waals surface area contributed by atoms with Crippen LogP contribution in [-0.4, -0.2) is 26.2 Å². The van der Waals surface area contributed by atoms with Gasteiger partial charge < -0.3 is 10.1 Å². The molecule has 0 aliphatic rings. The molecular weight excluding hydrogens is 311 g/mol. The van der Waals surface area contributed by atoms with Crippen molar-refractivity contribution in [2.75, 3.05) is 24.4 Å². The van der Waals surface area contributed by atoms with Crippen molar-refractivity contribution in [2.24, 2.45) is 0 Å². The van der Waals surface area contributed by atoms with Gasteiger partial charge in [-0.25, -0.2) is 9.18 Å². The maximum absolute atomic E-state index is 13.1. The van der Waals surface area contributed by atoms with Gasteiger partial charge in [-0.3, -0.25) is 9.69 Å². The van der Waals surface area contributed by atoms with Crippen LogP contribution in [0.2, 0.25) is 0 Å². The number of carbonyl (C=O) groups excluding carboxylic acids is 2. The summed E-state index contributed by atoms with van der Waals surface area (Å²) in [7, 11) is 2.89. The van der Waals surface area contributed by atoms with E-state index in [4.69, 9.17) is 0 Å². The van der Waals surface area contributed by atoms with Crippen LogP contribution in [0, 0.1) is 5.82 Å². The second-order valence-corrected chi connectivity index (χ2v) is 4.95. The quantitative estimate of drug-likeness (QED) is 0.871. The van der Waals surface area contributed by atoms with Gasteiger partial charge in [-0.05, 0) is 48.0 Å². The lowest BCUT2D eigenvalue weighted by molar-refractivity contribution is -0.111. The fraction of sp³-hybridized carbons (Fsp3) is 0.111. The molecule has 0 fully saturated rings. The summed E-state index contributed by atoms with van der Waals surface area (Å²) in [5, 5.41) is 2.68. The second-order valence-electron chi connectivity index (χ2n) is 4.95. The average Bonchev–Trinajstić information content (AvgIpc) is 2.59. The molecular formula is C18H17FN2O3. The predicted molar refractivity (Wildman–Crippen MR) is 91.3 cm³/mol. The maximum Gasteiger partial charge on any atom is 0.413 e. The fourth-order valence-corrected chi connectivity index (χ4v) is 1.98. The van der Waals surface area contributed by atoms with Crippen molar-refractivity contribution in [2.45, 2.75) is 0 Å².